The van der Waals surface area contributed by atoms with E-state index in [0.29, 0.717) is 16.9 Å². The van der Waals surface area contributed by atoms with Gasteiger partial charge in [0.2, 0.25) is 0 Å². The first-order valence-corrected chi connectivity index (χ1v) is 7.12. The van der Waals surface area contributed by atoms with Gasteiger partial charge in [-0.25, -0.2) is 9.59 Å². The summed E-state index contributed by atoms with van der Waals surface area (Å²) in [5.41, 5.74) is 0.569. The number of rotatable bonds is 3. The number of carbonyl (C=O) groups is 2. The van der Waals surface area contributed by atoms with E-state index in [1.54, 1.807) is 52.0 Å². The van der Waals surface area contributed by atoms with Crippen LogP contribution in [0.2, 0.25) is 0 Å². The van der Waals surface area contributed by atoms with E-state index in [-0.39, 0.29) is 11.3 Å². The molecule has 1 aromatic heterocycles. The molecule has 0 unspecified atom stereocenters. The van der Waals surface area contributed by atoms with Crippen molar-refractivity contribution in [3.63, 3.8) is 0 Å². The highest BCUT2D eigenvalue weighted by Crippen LogP contribution is 2.30. The highest BCUT2D eigenvalue weighted by atomic mass is 16.6. The Labute approximate surface area is 134 Å². The monoisotopic (exact) mass is 317 g/mol. The molecule has 2 aromatic rings. The number of hydrogen-bond acceptors (Lipinski definition) is 6. The molecule has 0 saturated carbocycles. The van der Waals surface area contributed by atoms with E-state index in [0.717, 1.165) is 0 Å². The van der Waals surface area contributed by atoms with Crippen LogP contribution in [-0.4, -0.2) is 29.8 Å². The molecule has 0 saturated heterocycles. The Hall–Kier alpha value is -2.63. The Balaban J connectivity index is 2.55. The smallest absolute Gasteiger partial charge is 0.344 e. The van der Waals surface area contributed by atoms with Crippen molar-refractivity contribution in [3.8, 4) is 11.3 Å². The van der Waals surface area contributed by atoms with Gasteiger partial charge in [-0.2, -0.15) is 0 Å². The maximum atomic E-state index is 12.4. The Morgan fingerprint density at radius 3 is 2.39 bits per heavy atom. The van der Waals surface area contributed by atoms with Gasteiger partial charge in [0.1, 0.15) is 22.6 Å². The quantitative estimate of drug-likeness (QED) is 0.807. The lowest BCUT2D eigenvalue weighted by Gasteiger charge is -2.19. The molecule has 122 valence electrons. The molecule has 0 aliphatic heterocycles. The van der Waals surface area contributed by atoms with Crippen molar-refractivity contribution in [2.75, 3.05) is 7.11 Å². The molecule has 6 nitrogen and oxygen atoms in total. The summed E-state index contributed by atoms with van der Waals surface area (Å²) in [5, 5.41) is 3.93. The van der Waals surface area contributed by atoms with E-state index in [2.05, 4.69) is 5.16 Å². The Morgan fingerprint density at radius 2 is 1.78 bits per heavy atom. The standard InChI is InChI=1S/C17H19NO5/c1-10-13(16(20)22-17(2,3)4)14(18-23-10)11-8-6-7-9-12(11)15(19)21-5/h6-9H,1-5H3. The molecule has 0 aliphatic carbocycles. The third-order valence-electron chi connectivity index (χ3n) is 3.05. The molecule has 0 amide bonds. The second-order valence-electron chi connectivity index (χ2n) is 6.00. The van der Waals surface area contributed by atoms with Crippen LogP contribution in [0.5, 0.6) is 0 Å². The SMILES string of the molecule is COC(=O)c1ccccc1-c1noc(C)c1C(=O)OC(C)(C)C. The van der Waals surface area contributed by atoms with E-state index >= 15 is 0 Å². The molecule has 0 spiro atoms. The normalized spacial score (nSPS) is 11.2. The van der Waals surface area contributed by atoms with Crippen LogP contribution in [0, 0.1) is 6.92 Å². The van der Waals surface area contributed by atoms with Gasteiger partial charge in [0, 0.05) is 5.56 Å². The number of nitrogens with zero attached hydrogens (tertiary/aromatic N) is 1. The minimum atomic E-state index is -0.653. The van der Waals surface area contributed by atoms with Crippen LogP contribution in [0.4, 0.5) is 0 Å². The fourth-order valence-corrected chi connectivity index (χ4v) is 2.10. The topological polar surface area (TPSA) is 78.6 Å². The summed E-state index contributed by atoms with van der Waals surface area (Å²) in [5.74, 6) is -0.740. The van der Waals surface area contributed by atoms with Crippen LogP contribution < -0.4 is 0 Å². The summed E-state index contributed by atoms with van der Waals surface area (Å²) in [4.78, 5) is 24.4. The Kier molecular flexibility index (Phi) is 4.54. The van der Waals surface area contributed by atoms with Gasteiger partial charge in [-0.05, 0) is 33.8 Å². The van der Waals surface area contributed by atoms with Gasteiger partial charge < -0.3 is 14.0 Å². The molecule has 0 radical (unpaired) electrons. The predicted molar refractivity (Wildman–Crippen MR) is 83.2 cm³/mol. The molecule has 0 atom stereocenters. The van der Waals surface area contributed by atoms with E-state index < -0.39 is 17.5 Å². The Morgan fingerprint density at radius 1 is 1.13 bits per heavy atom. The van der Waals surface area contributed by atoms with Crippen molar-refractivity contribution in [1.82, 2.24) is 5.16 Å². The van der Waals surface area contributed by atoms with E-state index in [4.69, 9.17) is 14.0 Å². The van der Waals surface area contributed by atoms with Crippen LogP contribution in [0.15, 0.2) is 28.8 Å². The van der Waals surface area contributed by atoms with Gasteiger partial charge in [-0.1, -0.05) is 23.4 Å². The van der Waals surface area contributed by atoms with Crippen molar-refractivity contribution in [2.24, 2.45) is 0 Å². The van der Waals surface area contributed by atoms with Crippen molar-refractivity contribution in [3.05, 3.63) is 41.2 Å². The molecular formula is C17H19NO5. The van der Waals surface area contributed by atoms with Gasteiger partial charge in [0.15, 0.2) is 0 Å². The number of methoxy groups -OCH3 is 1. The number of ether oxygens (including phenoxy) is 2. The highest BCUT2D eigenvalue weighted by molar-refractivity contribution is 6.02. The molecule has 0 bridgehead atoms. The molecule has 1 aromatic carbocycles. The van der Waals surface area contributed by atoms with E-state index in [9.17, 15) is 9.59 Å². The average Bonchev–Trinajstić information content (AvgIpc) is 2.86. The second-order valence-corrected chi connectivity index (χ2v) is 6.00. The first-order chi connectivity index (χ1) is 10.7. The summed E-state index contributed by atoms with van der Waals surface area (Å²) in [6.45, 7) is 6.94. The van der Waals surface area contributed by atoms with E-state index in [1.807, 2.05) is 0 Å². The zero-order valence-electron chi connectivity index (χ0n) is 13.8. The number of aryl methyl sites for hydroxylation is 1. The van der Waals surface area contributed by atoms with Crippen LogP contribution in [-0.2, 0) is 9.47 Å². The minimum Gasteiger partial charge on any atom is -0.465 e. The lowest BCUT2D eigenvalue weighted by Crippen LogP contribution is -2.24. The van der Waals surface area contributed by atoms with Crippen molar-refractivity contribution in [1.29, 1.82) is 0 Å². The first kappa shape index (κ1) is 16.7. The van der Waals surface area contributed by atoms with Crippen molar-refractivity contribution >= 4 is 11.9 Å². The maximum absolute atomic E-state index is 12.4. The van der Waals surface area contributed by atoms with Crippen molar-refractivity contribution < 1.29 is 23.6 Å². The zero-order chi connectivity index (χ0) is 17.2. The summed E-state index contributed by atoms with van der Waals surface area (Å²) in [6.07, 6.45) is 0. The number of aromatic nitrogens is 1. The molecule has 0 aliphatic rings. The number of benzene rings is 1. The predicted octanol–water partition coefficient (Wildman–Crippen LogP) is 3.39. The van der Waals surface area contributed by atoms with Crippen LogP contribution in [0.1, 0.15) is 47.2 Å². The summed E-state index contributed by atoms with van der Waals surface area (Å²) < 4.78 is 15.3. The van der Waals surface area contributed by atoms with E-state index in [1.165, 1.54) is 7.11 Å². The Bertz CT molecular complexity index is 740. The van der Waals surface area contributed by atoms with Gasteiger partial charge in [-0.15, -0.1) is 0 Å². The molecule has 0 N–H and O–H groups in total. The van der Waals surface area contributed by atoms with Gasteiger partial charge in [-0.3, -0.25) is 0 Å². The van der Waals surface area contributed by atoms with Gasteiger partial charge >= 0.3 is 11.9 Å². The largest absolute Gasteiger partial charge is 0.465 e. The van der Waals surface area contributed by atoms with Crippen LogP contribution in [0.3, 0.4) is 0 Å². The van der Waals surface area contributed by atoms with Crippen LogP contribution in [0.25, 0.3) is 11.3 Å². The molecule has 2 rings (SSSR count). The lowest BCUT2D eigenvalue weighted by molar-refractivity contribution is 0.00683. The average molecular weight is 317 g/mol. The summed E-state index contributed by atoms with van der Waals surface area (Å²) in [6, 6.07) is 6.72. The first-order valence-electron chi connectivity index (χ1n) is 7.12. The second kappa shape index (κ2) is 6.24. The highest BCUT2D eigenvalue weighted by Gasteiger charge is 2.28. The number of carbonyl (C=O) groups excluding carboxylic acids is 2. The summed E-state index contributed by atoms with van der Waals surface area (Å²) in [7, 11) is 1.29. The number of hydrogen-bond donors (Lipinski definition) is 0. The fraction of sp³-hybridized carbons (Fsp3) is 0.353. The molecular weight excluding hydrogens is 298 g/mol. The van der Waals surface area contributed by atoms with Gasteiger partial charge in [0.25, 0.3) is 0 Å². The summed E-state index contributed by atoms with van der Waals surface area (Å²) >= 11 is 0. The number of esters is 2. The molecule has 1 heterocycles. The van der Waals surface area contributed by atoms with Gasteiger partial charge in [0.05, 0.1) is 12.7 Å². The maximum Gasteiger partial charge on any atom is 0.344 e. The van der Waals surface area contributed by atoms with Crippen LogP contribution >= 0.6 is 0 Å². The molecule has 6 heteroatoms. The molecule has 0 fully saturated rings. The fourth-order valence-electron chi connectivity index (χ4n) is 2.10. The minimum absolute atomic E-state index is 0.205. The zero-order valence-corrected chi connectivity index (χ0v) is 13.8. The third kappa shape index (κ3) is 3.59. The molecule has 23 heavy (non-hydrogen) atoms. The third-order valence-corrected chi connectivity index (χ3v) is 3.05. The van der Waals surface area contributed by atoms with Crippen molar-refractivity contribution in [2.45, 2.75) is 33.3 Å². The lowest BCUT2D eigenvalue weighted by atomic mass is 10.0.